The number of fused-ring (bicyclic) bond motifs is 1. The molecule has 1 saturated heterocycles. The highest BCUT2D eigenvalue weighted by Crippen LogP contribution is 2.29. The first-order chi connectivity index (χ1) is 12.2. The van der Waals surface area contributed by atoms with E-state index >= 15 is 0 Å². The fraction of sp³-hybridized carbons (Fsp3) is 0.375. The highest BCUT2D eigenvalue weighted by atomic mass is 32.2. The van der Waals surface area contributed by atoms with Gasteiger partial charge in [0.2, 0.25) is 5.91 Å². The molecule has 2 heterocycles. The summed E-state index contributed by atoms with van der Waals surface area (Å²) in [4.78, 5) is 37.8. The minimum absolute atomic E-state index is 0.0415. The number of urea groups is 1. The molecule has 4 amide bonds. The summed E-state index contributed by atoms with van der Waals surface area (Å²) >= 11 is 0. The van der Waals surface area contributed by atoms with Crippen molar-refractivity contribution in [2.45, 2.75) is 25.2 Å². The third-order valence-corrected chi connectivity index (χ3v) is 5.45. The van der Waals surface area contributed by atoms with Gasteiger partial charge in [-0.15, -0.1) is 4.40 Å². The van der Waals surface area contributed by atoms with Crippen LogP contribution in [0.4, 0.5) is 10.5 Å². The van der Waals surface area contributed by atoms with E-state index in [1.165, 1.54) is 12.1 Å². The predicted molar refractivity (Wildman–Crippen MR) is 92.9 cm³/mol. The van der Waals surface area contributed by atoms with Gasteiger partial charge in [0, 0.05) is 6.54 Å². The van der Waals surface area contributed by atoms with E-state index in [0.29, 0.717) is 6.42 Å². The van der Waals surface area contributed by atoms with Crippen LogP contribution in [0.15, 0.2) is 33.6 Å². The van der Waals surface area contributed by atoms with Crippen LogP contribution in [0.1, 0.15) is 20.3 Å². The molecule has 9 nitrogen and oxygen atoms in total. The van der Waals surface area contributed by atoms with Gasteiger partial charge in [-0.05, 0) is 24.5 Å². The molecule has 138 valence electrons. The Hall–Kier alpha value is -2.75. The van der Waals surface area contributed by atoms with Crippen LogP contribution in [0.5, 0.6) is 0 Å². The molecule has 0 bridgehead atoms. The zero-order chi connectivity index (χ0) is 19.1. The minimum atomic E-state index is -4.05. The molecule has 2 N–H and O–H groups in total. The molecular weight excluding hydrogens is 360 g/mol. The maximum atomic E-state index is 12.7. The first-order valence-corrected chi connectivity index (χ1v) is 9.52. The van der Waals surface area contributed by atoms with Gasteiger partial charge in [0.15, 0.2) is 5.92 Å². The SMILES string of the molecule is CC(C)CCN1C(=O)NC(=O)C(C2=NS(=O)(=O)c3ccccc3N2)C1=O. The van der Waals surface area contributed by atoms with E-state index in [1.807, 2.05) is 13.8 Å². The molecule has 0 aliphatic carbocycles. The van der Waals surface area contributed by atoms with Crippen LogP contribution >= 0.6 is 0 Å². The third kappa shape index (κ3) is 3.19. The molecule has 1 unspecified atom stereocenters. The number of sulfonamides is 1. The van der Waals surface area contributed by atoms with Crippen molar-refractivity contribution in [2.75, 3.05) is 11.9 Å². The number of rotatable bonds is 4. The summed E-state index contributed by atoms with van der Waals surface area (Å²) < 4.78 is 28.3. The van der Waals surface area contributed by atoms with Gasteiger partial charge in [0.1, 0.15) is 10.7 Å². The van der Waals surface area contributed by atoms with Crippen LogP contribution in [-0.2, 0) is 19.6 Å². The number of nitrogens with zero attached hydrogens (tertiary/aromatic N) is 2. The van der Waals surface area contributed by atoms with Gasteiger partial charge in [-0.3, -0.25) is 19.8 Å². The number of imide groups is 2. The number of amides is 4. The second kappa shape index (κ2) is 6.52. The zero-order valence-electron chi connectivity index (χ0n) is 14.2. The average molecular weight is 378 g/mol. The van der Waals surface area contributed by atoms with E-state index in [1.54, 1.807) is 12.1 Å². The summed E-state index contributed by atoms with van der Waals surface area (Å²) in [5.74, 6) is -3.29. The van der Waals surface area contributed by atoms with Crippen LogP contribution in [0.25, 0.3) is 0 Å². The Morgan fingerprint density at radius 3 is 2.54 bits per heavy atom. The van der Waals surface area contributed by atoms with Crippen molar-refractivity contribution < 1.29 is 22.8 Å². The Kier molecular flexibility index (Phi) is 4.53. The number of benzene rings is 1. The molecule has 0 aromatic heterocycles. The Morgan fingerprint density at radius 1 is 1.15 bits per heavy atom. The average Bonchev–Trinajstić information content (AvgIpc) is 2.53. The number of hydrogen-bond donors (Lipinski definition) is 2. The van der Waals surface area contributed by atoms with Crippen molar-refractivity contribution in [1.82, 2.24) is 10.2 Å². The molecule has 2 aliphatic rings. The molecule has 26 heavy (non-hydrogen) atoms. The van der Waals surface area contributed by atoms with Gasteiger partial charge < -0.3 is 5.32 Å². The van der Waals surface area contributed by atoms with Crippen LogP contribution in [0.2, 0.25) is 0 Å². The van der Waals surface area contributed by atoms with E-state index in [0.717, 1.165) is 4.90 Å². The second-order valence-corrected chi connectivity index (χ2v) is 8.05. The lowest BCUT2D eigenvalue weighted by Crippen LogP contribution is -2.61. The molecule has 1 atom stereocenters. The highest BCUT2D eigenvalue weighted by Gasteiger charge is 2.45. The zero-order valence-corrected chi connectivity index (χ0v) is 15.0. The van der Waals surface area contributed by atoms with Crippen molar-refractivity contribution in [2.24, 2.45) is 16.2 Å². The number of amidine groups is 1. The lowest BCUT2D eigenvalue weighted by Gasteiger charge is -2.32. The molecule has 0 saturated carbocycles. The summed E-state index contributed by atoms with van der Waals surface area (Å²) in [5.41, 5.74) is 0.226. The highest BCUT2D eigenvalue weighted by molar-refractivity contribution is 7.90. The molecule has 0 radical (unpaired) electrons. The summed E-state index contributed by atoms with van der Waals surface area (Å²) in [6.45, 7) is 4.00. The quantitative estimate of drug-likeness (QED) is 0.751. The van der Waals surface area contributed by atoms with Crippen molar-refractivity contribution in [3.63, 3.8) is 0 Å². The topological polar surface area (TPSA) is 125 Å². The molecule has 1 fully saturated rings. The maximum Gasteiger partial charge on any atom is 0.330 e. The van der Waals surface area contributed by atoms with Crippen LogP contribution < -0.4 is 10.6 Å². The summed E-state index contributed by atoms with van der Waals surface area (Å²) in [5, 5.41) is 4.83. The number of anilines is 1. The molecule has 10 heteroatoms. The number of barbiturate groups is 1. The van der Waals surface area contributed by atoms with E-state index < -0.39 is 33.8 Å². The van der Waals surface area contributed by atoms with E-state index in [9.17, 15) is 22.8 Å². The molecular formula is C16H18N4O5S. The van der Waals surface area contributed by atoms with Gasteiger partial charge >= 0.3 is 6.03 Å². The maximum absolute atomic E-state index is 12.7. The van der Waals surface area contributed by atoms with Gasteiger partial charge in [0.25, 0.3) is 15.9 Å². The largest absolute Gasteiger partial charge is 0.341 e. The van der Waals surface area contributed by atoms with Crippen molar-refractivity contribution in [3.05, 3.63) is 24.3 Å². The molecule has 1 aromatic carbocycles. The Bertz CT molecular complexity index is 922. The van der Waals surface area contributed by atoms with Gasteiger partial charge in [-0.1, -0.05) is 26.0 Å². The van der Waals surface area contributed by atoms with E-state index in [-0.39, 0.29) is 28.9 Å². The van der Waals surface area contributed by atoms with Crippen molar-refractivity contribution in [3.8, 4) is 0 Å². The second-order valence-electron chi connectivity index (χ2n) is 6.47. The summed E-state index contributed by atoms with van der Waals surface area (Å²) in [7, 11) is -4.05. The molecule has 2 aliphatic heterocycles. The fourth-order valence-corrected chi connectivity index (χ4v) is 3.87. The van der Waals surface area contributed by atoms with Crippen molar-refractivity contribution >= 4 is 39.4 Å². The first kappa shape index (κ1) is 18.1. The molecule has 0 spiro atoms. The lowest BCUT2D eigenvalue weighted by molar-refractivity contribution is -0.139. The number of para-hydroxylation sites is 1. The van der Waals surface area contributed by atoms with Crippen LogP contribution in [0.3, 0.4) is 0 Å². The Balaban J connectivity index is 1.95. The fourth-order valence-electron chi connectivity index (χ4n) is 2.71. The van der Waals surface area contributed by atoms with Gasteiger partial charge in [-0.25, -0.2) is 4.79 Å². The molecule has 1 aromatic rings. The first-order valence-electron chi connectivity index (χ1n) is 8.08. The molecule has 3 rings (SSSR count). The van der Waals surface area contributed by atoms with E-state index in [2.05, 4.69) is 15.0 Å². The normalized spacial score (nSPS) is 21.8. The number of carbonyl (C=O) groups is 3. The lowest BCUT2D eigenvalue weighted by atomic mass is 10.0. The van der Waals surface area contributed by atoms with Gasteiger partial charge in [0.05, 0.1) is 5.69 Å². The predicted octanol–water partition coefficient (Wildman–Crippen LogP) is 0.940. The monoisotopic (exact) mass is 378 g/mol. The third-order valence-electron chi connectivity index (χ3n) is 4.10. The summed E-state index contributed by atoms with van der Waals surface area (Å²) in [6.07, 6.45) is 0.557. The summed E-state index contributed by atoms with van der Waals surface area (Å²) in [6, 6.07) is 5.24. The van der Waals surface area contributed by atoms with Crippen molar-refractivity contribution in [1.29, 1.82) is 0 Å². The minimum Gasteiger partial charge on any atom is -0.341 e. The Morgan fingerprint density at radius 2 is 1.85 bits per heavy atom. The number of carbonyl (C=O) groups excluding carboxylic acids is 3. The van der Waals surface area contributed by atoms with Gasteiger partial charge in [-0.2, -0.15) is 8.42 Å². The van der Waals surface area contributed by atoms with Crippen LogP contribution in [-0.4, -0.2) is 43.5 Å². The Labute approximate surface area is 150 Å². The number of hydrogen-bond acceptors (Lipinski definition) is 6. The standard InChI is InChI=1S/C16H18N4O5S/c1-9(2)7-8-20-15(22)12(14(21)18-16(20)23)13-17-10-5-3-4-6-11(10)26(24,25)19-13/h3-6,9,12H,7-8H2,1-2H3,(H,17,19)(H,18,21,23). The smallest absolute Gasteiger partial charge is 0.330 e. The van der Waals surface area contributed by atoms with E-state index in [4.69, 9.17) is 0 Å². The number of nitrogens with one attached hydrogen (secondary N) is 2. The van der Waals surface area contributed by atoms with Crippen LogP contribution in [0, 0.1) is 11.8 Å².